The first-order chi connectivity index (χ1) is 17.7. The molecule has 9 heteroatoms. The molecule has 0 fully saturated rings. The Labute approximate surface area is 216 Å². The fourth-order valence-electron chi connectivity index (χ4n) is 3.49. The molecule has 0 aliphatic carbocycles. The topological polar surface area (TPSA) is 138 Å². The zero-order chi connectivity index (χ0) is 27.2. The summed E-state index contributed by atoms with van der Waals surface area (Å²) < 4.78 is 11.0. The Hall–Kier alpha value is -3.95. The SMILES string of the molecule is CCOc1cc(OC)c2cc(C(O)CNC(C)CCc3ccccc3)ccc2n1.O=C(O)/C=C\C(=O)O. The molecule has 0 aliphatic rings. The number of nitrogens with one attached hydrogen (secondary N) is 1. The van der Waals surface area contributed by atoms with Crippen LogP contribution in [0.2, 0.25) is 0 Å². The number of nitrogens with zero attached hydrogens (tertiary/aromatic N) is 1. The predicted octanol–water partition coefficient (Wildman–Crippen LogP) is 4.00. The van der Waals surface area contributed by atoms with Gasteiger partial charge in [-0.3, -0.25) is 0 Å². The molecule has 1 aromatic heterocycles. The summed E-state index contributed by atoms with van der Waals surface area (Å²) in [6.45, 7) is 5.12. The summed E-state index contributed by atoms with van der Waals surface area (Å²) in [7, 11) is 1.63. The Morgan fingerprint density at radius 2 is 1.73 bits per heavy atom. The standard InChI is InChI=1S/C24H30N2O3.C4H4O4/c1-4-29-24-15-23(28-3)20-14-19(12-13-21(20)26-24)22(27)16-25-17(2)10-11-18-8-6-5-7-9-18;5-3(6)1-2-4(7)8/h5-9,12-15,17,22,25,27H,4,10-11,16H2,1-3H3;1-2H,(H,5,6)(H,7,8)/b;2-1-. The number of hydrogen-bond acceptors (Lipinski definition) is 7. The number of aliphatic carboxylic acids is 2. The summed E-state index contributed by atoms with van der Waals surface area (Å²) in [5.74, 6) is -1.28. The summed E-state index contributed by atoms with van der Waals surface area (Å²) in [5.41, 5.74) is 2.96. The fourth-order valence-corrected chi connectivity index (χ4v) is 3.49. The third kappa shape index (κ3) is 10.3. The van der Waals surface area contributed by atoms with Gasteiger partial charge in [-0.05, 0) is 49.9 Å². The van der Waals surface area contributed by atoms with E-state index in [1.54, 1.807) is 13.2 Å². The summed E-state index contributed by atoms with van der Waals surface area (Å²) in [6.07, 6.45) is 2.55. The van der Waals surface area contributed by atoms with Crippen molar-refractivity contribution in [3.8, 4) is 11.6 Å². The Morgan fingerprint density at radius 1 is 1.05 bits per heavy atom. The molecule has 2 aromatic carbocycles. The highest BCUT2D eigenvalue weighted by Gasteiger charge is 2.13. The van der Waals surface area contributed by atoms with Gasteiger partial charge in [-0.25, -0.2) is 14.6 Å². The molecule has 2 atom stereocenters. The van der Waals surface area contributed by atoms with Crippen molar-refractivity contribution < 1.29 is 34.4 Å². The van der Waals surface area contributed by atoms with Crippen LogP contribution in [0.5, 0.6) is 11.6 Å². The highest BCUT2D eigenvalue weighted by Crippen LogP contribution is 2.30. The first-order valence-electron chi connectivity index (χ1n) is 11.9. The van der Waals surface area contributed by atoms with Crippen LogP contribution in [-0.4, -0.2) is 58.5 Å². The van der Waals surface area contributed by atoms with Gasteiger partial charge >= 0.3 is 11.9 Å². The summed E-state index contributed by atoms with van der Waals surface area (Å²) >= 11 is 0. The molecule has 0 aliphatic heterocycles. The van der Waals surface area contributed by atoms with Crippen LogP contribution >= 0.6 is 0 Å². The monoisotopic (exact) mass is 510 g/mol. The number of methoxy groups -OCH3 is 1. The smallest absolute Gasteiger partial charge is 0.328 e. The number of benzene rings is 2. The molecular weight excluding hydrogens is 476 g/mol. The van der Waals surface area contributed by atoms with Gasteiger partial charge in [0.05, 0.1) is 25.3 Å². The van der Waals surface area contributed by atoms with E-state index in [-0.39, 0.29) is 0 Å². The molecule has 198 valence electrons. The van der Waals surface area contributed by atoms with E-state index in [2.05, 4.69) is 41.5 Å². The number of carbonyl (C=O) groups is 2. The molecule has 9 nitrogen and oxygen atoms in total. The lowest BCUT2D eigenvalue weighted by Gasteiger charge is -2.18. The van der Waals surface area contributed by atoms with Crippen molar-refractivity contribution in [3.63, 3.8) is 0 Å². The highest BCUT2D eigenvalue weighted by molar-refractivity contribution is 5.89. The Kier molecular flexibility index (Phi) is 12.0. The van der Waals surface area contributed by atoms with Gasteiger partial charge in [0.2, 0.25) is 5.88 Å². The lowest BCUT2D eigenvalue weighted by molar-refractivity contribution is -0.134. The number of ether oxygens (including phenoxy) is 2. The molecule has 3 aromatic rings. The van der Waals surface area contributed by atoms with Gasteiger partial charge in [0.15, 0.2) is 0 Å². The van der Waals surface area contributed by atoms with Gasteiger partial charge < -0.3 is 30.1 Å². The second-order valence-corrected chi connectivity index (χ2v) is 8.23. The molecular formula is C28H34N2O7. The van der Waals surface area contributed by atoms with Crippen LogP contribution < -0.4 is 14.8 Å². The molecule has 0 amide bonds. The van der Waals surface area contributed by atoms with Gasteiger partial charge in [0.25, 0.3) is 0 Å². The van der Waals surface area contributed by atoms with Crippen molar-refractivity contribution in [2.45, 2.75) is 38.8 Å². The van der Waals surface area contributed by atoms with E-state index in [0.717, 1.165) is 29.3 Å². The van der Waals surface area contributed by atoms with Gasteiger partial charge in [-0.2, -0.15) is 0 Å². The molecule has 3 rings (SSSR count). The van der Waals surface area contributed by atoms with Crippen LogP contribution in [0.25, 0.3) is 10.9 Å². The minimum absolute atomic E-state index is 0.315. The Morgan fingerprint density at radius 3 is 2.32 bits per heavy atom. The first kappa shape index (κ1) is 29.3. The zero-order valence-corrected chi connectivity index (χ0v) is 21.3. The van der Waals surface area contributed by atoms with E-state index in [9.17, 15) is 14.7 Å². The number of fused-ring (bicyclic) bond motifs is 1. The minimum atomic E-state index is -1.26. The lowest BCUT2D eigenvalue weighted by Crippen LogP contribution is -2.30. The van der Waals surface area contributed by atoms with Crippen LogP contribution in [0.3, 0.4) is 0 Å². The van der Waals surface area contributed by atoms with E-state index < -0.39 is 18.0 Å². The third-order valence-electron chi connectivity index (χ3n) is 5.41. The quantitative estimate of drug-likeness (QED) is 0.266. The molecule has 0 spiro atoms. The van der Waals surface area contributed by atoms with Crippen molar-refractivity contribution >= 4 is 22.8 Å². The van der Waals surface area contributed by atoms with Gasteiger partial charge in [-0.15, -0.1) is 0 Å². The minimum Gasteiger partial charge on any atom is -0.496 e. The maximum Gasteiger partial charge on any atom is 0.328 e. The number of aliphatic hydroxyl groups is 1. The molecule has 0 saturated heterocycles. The van der Waals surface area contributed by atoms with E-state index in [0.29, 0.717) is 43.0 Å². The molecule has 37 heavy (non-hydrogen) atoms. The molecule has 0 saturated carbocycles. The number of carboxylic acid groups (broad SMARTS) is 2. The van der Waals surface area contributed by atoms with Crippen molar-refractivity contribution in [1.29, 1.82) is 0 Å². The summed E-state index contributed by atoms with van der Waals surface area (Å²) in [4.78, 5) is 23.6. The zero-order valence-electron chi connectivity index (χ0n) is 21.3. The molecule has 4 N–H and O–H groups in total. The highest BCUT2D eigenvalue weighted by atomic mass is 16.5. The molecule has 0 bridgehead atoms. The van der Waals surface area contributed by atoms with Crippen LogP contribution in [0.15, 0.2) is 66.7 Å². The number of aliphatic hydroxyl groups excluding tert-OH is 1. The summed E-state index contributed by atoms with van der Waals surface area (Å²) in [5, 5.41) is 30.6. The van der Waals surface area contributed by atoms with Crippen LogP contribution in [0.4, 0.5) is 0 Å². The summed E-state index contributed by atoms with van der Waals surface area (Å²) in [6, 6.07) is 18.3. The number of hydrogen-bond donors (Lipinski definition) is 4. The van der Waals surface area contributed by atoms with E-state index in [4.69, 9.17) is 19.7 Å². The van der Waals surface area contributed by atoms with Crippen LogP contribution in [0, 0.1) is 0 Å². The van der Waals surface area contributed by atoms with Gasteiger partial charge in [0.1, 0.15) is 5.75 Å². The first-order valence-corrected chi connectivity index (χ1v) is 11.9. The fraction of sp³-hybridized carbons (Fsp3) is 0.321. The third-order valence-corrected chi connectivity index (χ3v) is 5.41. The lowest BCUT2D eigenvalue weighted by atomic mass is 10.0. The van der Waals surface area contributed by atoms with Gasteiger partial charge in [0, 0.05) is 36.2 Å². The van der Waals surface area contributed by atoms with E-state index >= 15 is 0 Å². The van der Waals surface area contributed by atoms with Crippen molar-refractivity contribution in [2.24, 2.45) is 0 Å². The molecule has 0 radical (unpaired) electrons. The van der Waals surface area contributed by atoms with Crippen molar-refractivity contribution in [3.05, 3.63) is 77.9 Å². The normalized spacial score (nSPS) is 12.4. The molecule has 1 heterocycles. The number of pyridine rings is 1. The maximum absolute atomic E-state index is 10.7. The average molecular weight is 511 g/mol. The second-order valence-electron chi connectivity index (χ2n) is 8.23. The number of carboxylic acids is 2. The number of rotatable bonds is 12. The van der Waals surface area contributed by atoms with E-state index in [1.165, 1.54) is 5.56 Å². The van der Waals surface area contributed by atoms with Crippen molar-refractivity contribution in [1.82, 2.24) is 10.3 Å². The largest absolute Gasteiger partial charge is 0.496 e. The van der Waals surface area contributed by atoms with Crippen LogP contribution in [0.1, 0.15) is 37.5 Å². The number of aryl methyl sites for hydroxylation is 1. The Bertz CT molecular complexity index is 1170. The maximum atomic E-state index is 10.7. The van der Waals surface area contributed by atoms with Crippen molar-refractivity contribution in [2.75, 3.05) is 20.3 Å². The predicted molar refractivity (Wildman–Crippen MR) is 141 cm³/mol. The van der Waals surface area contributed by atoms with Gasteiger partial charge in [-0.1, -0.05) is 36.4 Å². The van der Waals surface area contributed by atoms with E-state index in [1.807, 2.05) is 31.2 Å². The molecule has 2 unspecified atom stereocenters. The average Bonchev–Trinajstić information content (AvgIpc) is 2.89. The van der Waals surface area contributed by atoms with Crippen LogP contribution in [-0.2, 0) is 16.0 Å². The Balaban J connectivity index is 0.000000521. The second kappa shape index (κ2) is 15.2. The number of aromatic nitrogens is 1.